The number of rotatable bonds is 4. The summed E-state index contributed by atoms with van der Waals surface area (Å²) in [5.74, 6) is 0.0305. The van der Waals surface area contributed by atoms with Gasteiger partial charge in [-0.3, -0.25) is 19.6 Å². The third-order valence-electron chi connectivity index (χ3n) is 5.11. The number of likely N-dealkylation sites (tertiary alicyclic amines) is 1. The van der Waals surface area contributed by atoms with Crippen molar-refractivity contribution in [3.05, 3.63) is 30.6 Å². The standard InChI is InChI=1S/C17H25N5O2/c1-4-8-21-10-11-22(13(2)3)16(24)17(21)6-9-20(12-17)15(23)14-5-7-18-19-14/h4-5,7,13H,1,6,8-12H2,2-3H3,(H,18,19)/t17-/m0/s1. The number of nitrogens with zero attached hydrogens (tertiary/aromatic N) is 4. The smallest absolute Gasteiger partial charge is 0.271 e. The maximum absolute atomic E-state index is 13.2. The van der Waals surface area contributed by atoms with Crippen LogP contribution in [0.3, 0.4) is 0 Å². The van der Waals surface area contributed by atoms with Gasteiger partial charge in [0, 0.05) is 45.0 Å². The van der Waals surface area contributed by atoms with Crippen LogP contribution < -0.4 is 0 Å². The first kappa shape index (κ1) is 16.7. The van der Waals surface area contributed by atoms with Crippen molar-refractivity contribution < 1.29 is 9.59 Å². The number of hydrogen-bond acceptors (Lipinski definition) is 4. The molecule has 3 heterocycles. The number of nitrogens with one attached hydrogen (secondary N) is 1. The number of aromatic nitrogens is 2. The number of amides is 2. The number of aromatic amines is 1. The average Bonchev–Trinajstić information content (AvgIpc) is 3.22. The molecule has 7 nitrogen and oxygen atoms in total. The van der Waals surface area contributed by atoms with Gasteiger partial charge in [0.25, 0.3) is 5.91 Å². The number of carbonyl (C=O) groups is 2. The highest BCUT2D eigenvalue weighted by molar-refractivity contribution is 5.95. The highest BCUT2D eigenvalue weighted by Crippen LogP contribution is 2.34. The van der Waals surface area contributed by atoms with E-state index in [0.29, 0.717) is 31.7 Å². The first-order chi connectivity index (χ1) is 11.5. The second-order valence-electron chi connectivity index (χ2n) is 6.81. The Balaban J connectivity index is 1.86. The number of hydrogen-bond donors (Lipinski definition) is 1. The Morgan fingerprint density at radius 3 is 2.88 bits per heavy atom. The van der Waals surface area contributed by atoms with Crippen molar-refractivity contribution in [1.82, 2.24) is 24.9 Å². The first-order valence-electron chi connectivity index (χ1n) is 8.45. The minimum Gasteiger partial charge on any atom is -0.337 e. The van der Waals surface area contributed by atoms with Crippen molar-refractivity contribution in [3.8, 4) is 0 Å². The Morgan fingerprint density at radius 1 is 1.46 bits per heavy atom. The van der Waals surface area contributed by atoms with Gasteiger partial charge >= 0.3 is 0 Å². The van der Waals surface area contributed by atoms with Crippen LogP contribution in [0.2, 0.25) is 0 Å². The third-order valence-corrected chi connectivity index (χ3v) is 5.11. The molecule has 2 aliphatic rings. The molecular formula is C17H25N5O2. The predicted octanol–water partition coefficient (Wildman–Crippen LogP) is 0.733. The van der Waals surface area contributed by atoms with Gasteiger partial charge in [-0.25, -0.2) is 0 Å². The molecule has 0 unspecified atom stereocenters. The fourth-order valence-electron chi connectivity index (χ4n) is 3.81. The normalized spacial score (nSPS) is 25.0. The molecule has 2 fully saturated rings. The van der Waals surface area contributed by atoms with Gasteiger partial charge in [0.2, 0.25) is 5.91 Å². The fraction of sp³-hybridized carbons (Fsp3) is 0.588. The van der Waals surface area contributed by atoms with E-state index in [9.17, 15) is 9.59 Å². The zero-order chi connectivity index (χ0) is 17.3. The molecule has 1 aromatic heterocycles. The van der Waals surface area contributed by atoms with Crippen molar-refractivity contribution in [3.63, 3.8) is 0 Å². The summed E-state index contributed by atoms with van der Waals surface area (Å²) in [6.45, 7) is 11.1. The number of piperazine rings is 1. The molecule has 2 saturated heterocycles. The van der Waals surface area contributed by atoms with Gasteiger partial charge < -0.3 is 9.80 Å². The molecule has 2 amide bonds. The molecule has 130 valence electrons. The zero-order valence-electron chi connectivity index (χ0n) is 14.4. The van der Waals surface area contributed by atoms with Gasteiger partial charge in [-0.1, -0.05) is 6.08 Å². The minimum atomic E-state index is -0.633. The summed E-state index contributed by atoms with van der Waals surface area (Å²) in [5, 5.41) is 6.56. The van der Waals surface area contributed by atoms with Crippen LogP contribution >= 0.6 is 0 Å². The lowest BCUT2D eigenvalue weighted by molar-refractivity contribution is -0.152. The number of H-pyrrole nitrogens is 1. The molecule has 1 atom stereocenters. The largest absolute Gasteiger partial charge is 0.337 e. The molecule has 1 N–H and O–H groups in total. The zero-order valence-corrected chi connectivity index (χ0v) is 14.4. The van der Waals surface area contributed by atoms with Gasteiger partial charge in [-0.05, 0) is 26.3 Å². The van der Waals surface area contributed by atoms with Crippen LogP contribution in [0.5, 0.6) is 0 Å². The summed E-state index contributed by atoms with van der Waals surface area (Å²) in [5.41, 5.74) is -0.168. The highest BCUT2D eigenvalue weighted by Gasteiger charge is 2.54. The van der Waals surface area contributed by atoms with E-state index in [2.05, 4.69) is 21.7 Å². The van der Waals surface area contributed by atoms with E-state index in [1.807, 2.05) is 24.8 Å². The van der Waals surface area contributed by atoms with Crippen molar-refractivity contribution in [2.75, 3.05) is 32.7 Å². The second kappa shape index (κ2) is 6.39. The summed E-state index contributed by atoms with van der Waals surface area (Å²) in [6.07, 6.45) is 4.05. The van der Waals surface area contributed by atoms with Crippen LogP contribution in [0.25, 0.3) is 0 Å². The van der Waals surface area contributed by atoms with Gasteiger partial charge in [0.1, 0.15) is 11.2 Å². The van der Waals surface area contributed by atoms with Gasteiger partial charge in [-0.2, -0.15) is 5.10 Å². The third kappa shape index (κ3) is 2.62. The van der Waals surface area contributed by atoms with Crippen molar-refractivity contribution >= 4 is 11.8 Å². The molecule has 0 aliphatic carbocycles. The van der Waals surface area contributed by atoms with E-state index in [-0.39, 0.29) is 17.9 Å². The Labute approximate surface area is 142 Å². The van der Waals surface area contributed by atoms with E-state index in [1.165, 1.54) is 0 Å². The van der Waals surface area contributed by atoms with Crippen molar-refractivity contribution in [1.29, 1.82) is 0 Å². The summed E-state index contributed by atoms with van der Waals surface area (Å²) < 4.78 is 0. The average molecular weight is 331 g/mol. The van der Waals surface area contributed by atoms with Crippen LogP contribution in [-0.2, 0) is 4.79 Å². The molecule has 2 aliphatic heterocycles. The summed E-state index contributed by atoms with van der Waals surface area (Å²) in [7, 11) is 0. The maximum Gasteiger partial charge on any atom is 0.271 e. The predicted molar refractivity (Wildman–Crippen MR) is 90.5 cm³/mol. The quantitative estimate of drug-likeness (QED) is 0.826. The monoisotopic (exact) mass is 331 g/mol. The van der Waals surface area contributed by atoms with Crippen LogP contribution in [-0.4, -0.2) is 81.0 Å². The van der Waals surface area contributed by atoms with E-state index >= 15 is 0 Å². The SMILES string of the molecule is C=CCN1CCN(C(C)C)C(=O)[C@@]12CCN(C(=O)c1ccn[nH]1)C2. The second-order valence-corrected chi connectivity index (χ2v) is 6.81. The van der Waals surface area contributed by atoms with Crippen LogP contribution in [0, 0.1) is 0 Å². The topological polar surface area (TPSA) is 72.5 Å². The molecule has 7 heteroatoms. The van der Waals surface area contributed by atoms with Gasteiger partial charge in [-0.15, -0.1) is 6.58 Å². The van der Waals surface area contributed by atoms with E-state index < -0.39 is 5.54 Å². The molecule has 3 rings (SSSR count). The van der Waals surface area contributed by atoms with Crippen LogP contribution in [0.1, 0.15) is 30.8 Å². The van der Waals surface area contributed by atoms with E-state index in [0.717, 1.165) is 13.1 Å². The first-order valence-corrected chi connectivity index (χ1v) is 8.45. The molecule has 24 heavy (non-hydrogen) atoms. The lowest BCUT2D eigenvalue weighted by atomic mass is 9.90. The minimum absolute atomic E-state index is 0.0996. The molecule has 0 aromatic carbocycles. The summed E-state index contributed by atoms with van der Waals surface area (Å²) in [4.78, 5) is 31.7. The molecule has 1 spiro atoms. The lowest BCUT2D eigenvalue weighted by Crippen LogP contribution is -2.68. The van der Waals surface area contributed by atoms with E-state index in [1.54, 1.807) is 17.2 Å². The molecule has 0 radical (unpaired) electrons. The Bertz CT molecular complexity index is 627. The molecule has 1 aromatic rings. The summed E-state index contributed by atoms with van der Waals surface area (Å²) in [6, 6.07) is 1.83. The summed E-state index contributed by atoms with van der Waals surface area (Å²) >= 11 is 0. The van der Waals surface area contributed by atoms with Gasteiger partial charge in [0.15, 0.2) is 0 Å². The lowest BCUT2D eigenvalue weighted by Gasteiger charge is -2.48. The number of carbonyl (C=O) groups excluding carboxylic acids is 2. The molecule has 0 saturated carbocycles. The van der Waals surface area contributed by atoms with Crippen LogP contribution in [0.4, 0.5) is 0 Å². The van der Waals surface area contributed by atoms with Crippen LogP contribution in [0.15, 0.2) is 24.9 Å². The van der Waals surface area contributed by atoms with Gasteiger partial charge in [0.05, 0.1) is 0 Å². The fourth-order valence-corrected chi connectivity index (χ4v) is 3.81. The maximum atomic E-state index is 13.2. The molecular weight excluding hydrogens is 306 g/mol. The highest BCUT2D eigenvalue weighted by atomic mass is 16.2. The Kier molecular flexibility index (Phi) is 4.45. The Morgan fingerprint density at radius 2 is 2.25 bits per heavy atom. The van der Waals surface area contributed by atoms with E-state index in [4.69, 9.17) is 0 Å². The van der Waals surface area contributed by atoms with Crippen molar-refractivity contribution in [2.45, 2.75) is 31.8 Å². The molecule has 0 bridgehead atoms. The van der Waals surface area contributed by atoms with Crippen molar-refractivity contribution in [2.24, 2.45) is 0 Å². The Hall–Kier alpha value is -2.15.